The van der Waals surface area contributed by atoms with Gasteiger partial charge in [-0.15, -0.1) is 11.8 Å². The van der Waals surface area contributed by atoms with Gasteiger partial charge >= 0.3 is 0 Å². The summed E-state index contributed by atoms with van der Waals surface area (Å²) in [5.41, 5.74) is 1.21. The summed E-state index contributed by atoms with van der Waals surface area (Å²) in [6, 6.07) is 8.27. The van der Waals surface area contributed by atoms with E-state index in [9.17, 15) is 4.79 Å². The third-order valence-corrected chi connectivity index (χ3v) is 5.18. The van der Waals surface area contributed by atoms with Gasteiger partial charge in [0.05, 0.1) is 5.75 Å². The van der Waals surface area contributed by atoms with Crippen LogP contribution in [0.15, 0.2) is 24.3 Å². The number of benzene rings is 1. The van der Waals surface area contributed by atoms with Gasteiger partial charge in [-0.05, 0) is 50.0 Å². The molecule has 1 aliphatic rings. The van der Waals surface area contributed by atoms with Crippen molar-refractivity contribution >= 4 is 29.3 Å². The van der Waals surface area contributed by atoms with Gasteiger partial charge < -0.3 is 10.2 Å². The molecule has 0 radical (unpaired) electrons. The van der Waals surface area contributed by atoms with Crippen molar-refractivity contribution in [3.8, 4) is 0 Å². The van der Waals surface area contributed by atoms with Gasteiger partial charge in [0.15, 0.2) is 0 Å². The van der Waals surface area contributed by atoms with E-state index in [1.165, 1.54) is 5.56 Å². The first-order chi connectivity index (χ1) is 10.7. The highest BCUT2D eigenvalue weighted by Gasteiger charge is 2.24. The Labute approximate surface area is 142 Å². The van der Waals surface area contributed by atoms with Gasteiger partial charge in [-0.3, -0.25) is 4.79 Å². The second-order valence-corrected chi connectivity index (χ2v) is 7.11. The molecular formula is C17H25ClN2OS. The zero-order valence-electron chi connectivity index (χ0n) is 13.2. The quantitative estimate of drug-likeness (QED) is 0.823. The standard InChI is InChI=1S/C17H25ClN2OS/c1-2-11-20(16-7-9-19-10-8-16)17(21)13-22-12-14-3-5-15(18)6-4-14/h3-6,16,19H,2,7-13H2,1H3. The maximum atomic E-state index is 12.5. The maximum absolute atomic E-state index is 12.5. The van der Waals surface area contributed by atoms with Crippen molar-refractivity contribution in [2.45, 2.75) is 38.0 Å². The fourth-order valence-electron chi connectivity index (χ4n) is 2.79. The molecule has 1 fully saturated rings. The number of nitrogens with zero attached hydrogens (tertiary/aromatic N) is 1. The lowest BCUT2D eigenvalue weighted by atomic mass is 10.0. The molecule has 0 aliphatic carbocycles. The van der Waals surface area contributed by atoms with Crippen molar-refractivity contribution in [3.63, 3.8) is 0 Å². The average molecular weight is 341 g/mol. The van der Waals surface area contributed by atoms with Crippen molar-refractivity contribution in [2.24, 2.45) is 0 Å². The SMILES string of the molecule is CCCN(C(=O)CSCc1ccc(Cl)cc1)C1CCNCC1. The van der Waals surface area contributed by atoms with Crippen LogP contribution in [-0.2, 0) is 10.5 Å². The number of rotatable bonds is 7. The Balaban J connectivity index is 1.81. The number of thioether (sulfide) groups is 1. The number of amides is 1. The van der Waals surface area contributed by atoms with E-state index in [1.807, 2.05) is 24.3 Å². The lowest BCUT2D eigenvalue weighted by Gasteiger charge is -2.34. The van der Waals surface area contributed by atoms with Crippen LogP contribution in [0.2, 0.25) is 5.02 Å². The van der Waals surface area contributed by atoms with E-state index >= 15 is 0 Å². The van der Waals surface area contributed by atoms with Gasteiger partial charge in [0, 0.05) is 23.4 Å². The molecule has 2 rings (SSSR count). The van der Waals surface area contributed by atoms with Gasteiger partial charge in [0.1, 0.15) is 0 Å². The molecule has 0 spiro atoms. The lowest BCUT2D eigenvalue weighted by molar-refractivity contribution is -0.131. The van der Waals surface area contributed by atoms with Crippen molar-refractivity contribution in [1.82, 2.24) is 10.2 Å². The second kappa shape index (κ2) is 9.43. The highest BCUT2D eigenvalue weighted by molar-refractivity contribution is 7.99. The number of carbonyl (C=O) groups is 1. The topological polar surface area (TPSA) is 32.3 Å². The Morgan fingerprint density at radius 1 is 1.32 bits per heavy atom. The van der Waals surface area contributed by atoms with Gasteiger partial charge in [-0.2, -0.15) is 0 Å². The summed E-state index contributed by atoms with van der Waals surface area (Å²) in [7, 11) is 0. The first-order valence-corrected chi connectivity index (χ1v) is 9.56. The molecule has 1 heterocycles. The Hall–Kier alpha value is -0.710. The molecular weight excluding hydrogens is 316 g/mol. The summed E-state index contributed by atoms with van der Waals surface area (Å²) < 4.78 is 0. The molecule has 3 nitrogen and oxygen atoms in total. The molecule has 1 saturated heterocycles. The van der Waals surface area contributed by atoms with Crippen LogP contribution in [0, 0.1) is 0 Å². The van der Waals surface area contributed by atoms with Crippen molar-refractivity contribution in [1.29, 1.82) is 0 Å². The van der Waals surface area contributed by atoms with Crippen LogP contribution in [0.3, 0.4) is 0 Å². The minimum atomic E-state index is 0.285. The second-order valence-electron chi connectivity index (χ2n) is 5.69. The van der Waals surface area contributed by atoms with Crippen LogP contribution >= 0.6 is 23.4 Å². The summed E-state index contributed by atoms with van der Waals surface area (Å²) in [5, 5.41) is 4.12. The molecule has 1 aliphatic heterocycles. The highest BCUT2D eigenvalue weighted by Crippen LogP contribution is 2.18. The molecule has 122 valence electrons. The Bertz CT molecular complexity index is 460. The first-order valence-electron chi connectivity index (χ1n) is 8.03. The van der Waals surface area contributed by atoms with E-state index in [4.69, 9.17) is 11.6 Å². The molecule has 5 heteroatoms. The number of nitrogens with one attached hydrogen (secondary N) is 1. The largest absolute Gasteiger partial charge is 0.339 e. The van der Waals surface area contributed by atoms with Crippen molar-refractivity contribution < 1.29 is 4.79 Å². The average Bonchev–Trinajstić information content (AvgIpc) is 2.55. The predicted octanol–water partition coefficient (Wildman–Crippen LogP) is 3.56. The molecule has 0 saturated carbocycles. The summed E-state index contributed by atoms with van der Waals surface area (Å²) in [6.45, 7) is 5.07. The fourth-order valence-corrected chi connectivity index (χ4v) is 3.79. The van der Waals surface area contributed by atoms with Crippen LogP contribution in [0.4, 0.5) is 0 Å². The van der Waals surface area contributed by atoms with Gasteiger partial charge in [-0.25, -0.2) is 0 Å². The zero-order valence-corrected chi connectivity index (χ0v) is 14.8. The van der Waals surface area contributed by atoms with Crippen LogP contribution in [0.25, 0.3) is 0 Å². The summed E-state index contributed by atoms with van der Waals surface area (Å²) in [6.07, 6.45) is 3.18. The van der Waals surface area contributed by atoms with E-state index in [0.29, 0.717) is 11.8 Å². The summed E-state index contributed by atoms with van der Waals surface area (Å²) in [4.78, 5) is 14.6. The summed E-state index contributed by atoms with van der Waals surface area (Å²) >= 11 is 7.57. The third kappa shape index (κ3) is 5.49. The van der Waals surface area contributed by atoms with E-state index in [0.717, 1.165) is 49.7 Å². The van der Waals surface area contributed by atoms with Crippen LogP contribution < -0.4 is 5.32 Å². The van der Waals surface area contributed by atoms with Gasteiger partial charge in [0.2, 0.25) is 5.91 Å². The molecule has 0 aromatic heterocycles. The molecule has 22 heavy (non-hydrogen) atoms. The minimum absolute atomic E-state index is 0.285. The molecule has 1 N–H and O–H groups in total. The highest BCUT2D eigenvalue weighted by atomic mass is 35.5. The Morgan fingerprint density at radius 2 is 2.00 bits per heavy atom. The zero-order chi connectivity index (χ0) is 15.8. The van der Waals surface area contributed by atoms with Crippen LogP contribution in [0.5, 0.6) is 0 Å². The molecule has 1 aromatic rings. The van der Waals surface area contributed by atoms with E-state index < -0.39 is 0 Å². The third-order valence-electron chi connectivity index (χ3n) is 3.94. The first kappa shape index (κ1) is 17.6. The fraction of sp³-hybridized carbons (Fsp3) is 0.588. The van der Waals surface area contributed by atoms with Crippen molar-refractivity contribution in [3.05, 3.63) is 34.9 Å². The Morgan fingerprint density at radius 3 is 2.64 bits per heavy atom. The van der Waals surface area contributed by atoms with E-state index in [2.05, 4.69) is 17.1 Å². The van der Waals surface area contributed by atoms with Crippen LogP contribution in [0.1, 0.15) is 31.7 Å². The molecule has 0 atom stereocenters. The number of carbonyl (C=O) groups excluding carboxylic acids is 1. The normalized spacial score (nSPS) is 15.7. The lowest BCUT2D eigenvalue weighted by Crippen LogP contribution is -2.47. The van der Waals surface area contributed by atoms with Gasteiger partial charge in [0.25, 0.3) is 0 Å². The number of hydrogen-bond donors (Lipinski definition) is 1. The van der Waals surface area contributed by atoms with Gasteiger partial charge in [-0.1, -0.05) is 30.7 Å². The van der Waals surface area contributed by atoms with Crippen LogP contribution in [-0.4, -0.2) is 42.2 Å². The number of piperidine rings is 1. The van der Waals surface area contributed by atoms with E-state index in [-0.39, 0.29) is 5.91 Å². The maximum Gasteiger partial charge on any atom is 0.232 e. The monoisotopic (exact) mass is 340 g/mol. The molecule has 1 aromatic carbocycles. The number of hydrogen-bond acceptors (Lipinski definition) is 3. The summed E-state index contributed by atoms with van der Waals surface area (Å²) in [5.74, 6) is 1.70. The minimum Gasteiger partial charge on any atom is -0.339 e. The molecule has 0 bridgehead atoms. The predicted molar refractivity (Wildman–Crippen MR) is 95.5 cm³/mol. The smallest absolute Gasteiger partial charge is 0.232 e. The van der Waals surface area contributed by atoms with E-state index in [1.54, 1.807) is 11.8 Å². The molecule has 1 amide bonds. The van der Waals surface area contributed by atoms with Crippen molar-refractivity contribution in [2.75, 3.05) is 25.4 Å². The number of halogens is 1. The Kier molecular flexibility index (Phi) is 7.56. The molecule has 0 unspecified atom stereocenters.